The van der Waals surface area contributed by atoms with Crippen LogP contribution >= 0.6 is 34.9 Å². The molecule has 0 atom stereocenters. The summed E-state index contributed by atoms with van der Waals surface area (Å²) in [4.78, 5) is 12.4. The topological polar surface area (TPSA) is 67.2 Å². The number of aromatic nitrogens is 2. The summed E-state index contributed by atoms with van der Waals surface area (Å²) in [5.41, 5.74) is 5.71. The standard InChI is InChI=1S/C27H22N4OS3/c1-18(22-15-7-11-20-9-3-5-14-24(20)22)28-29-25(32)17-34-27-31-30-26(35-27)33-16-21-12-6-10-19-8-2-4-13-23(19)21/h2-15H,16-17H2,1H3,(H,29,32)/b28-18+. The molecule has 5 aromatic rings. The van der Waals surface area contributed by atoms with Crippen molar-refractivity contribution >= 4 is 68.0 Å². The monoisotopic (exact) mass is 514 g/mol. The van der Waals surface area contributed by atoms with Gasteiger partial charge in [-0.2, -0.15) is 5.10 Å². The summed E-state index contributed by atoms with van der Waals surface area (Å²) in [6, 6.07) is 29.0. The molecule has 0 unspecified atom stereocenters. The fourth-order valence-corrected chi connectivity index (χ4v) is 6.59. The highest BCUT2D eigenvalue weighted by atomic mass is 32.2. The van der Waals surface area contributed by atoms with E-state index in [0.29, 0.717) is 0 Å². The summed E-state index contributed by atoms with van der Waals surface area (Å²) in [5, 5.41) is 17.6. The summed E-state index contributed by atoms with van der Waals surface area (Å²) in [6.07, 6.45) is 0. The lowest BCUT2D eigenvalue weighted by atomic mass is 10.0. The summed E-state index contributed by atoms with van der Waals surface area (Å²) in [7, 11) is 0. The Kier molecular flexibility index (Phi) is 7.42. The largest absolute Gasteiger partial charge is 0.272 e. The molecule has 8 heteroatoms. The summed E-state index contributed by atoms with van der Waals surface area (Å²) in [5.74, 6) is 0.882. The average Bonchev–Trinajstić information content (AvgIpc) is 3.37. The van der Waals surface area contributed by atoms with Crippen molar-refractivity contribution in [1.82, 2.24) is 15.6 Å². The number of rotatable bonds is 8. The van der Waals surface area contributed by atoms with E-state index < -0.39 is 0 Å². The van der Waals surface area contributed by atoms with Gasteiger partial charge in [-0.25, -0.2) is 5.43 Å². The van der Waals surface area contributed by atoms with Gasteiger partial charge in [0.15, 0.2) is 8.68 Å². The van der Waals surface area contributed by atoms with Crippen molar-refractivity contribution in [2.45, 2.75) is 21.4 Å². The van der Waals surface area contributed by atoms with Crippen molar-refractivity contribution in [3.05, 3.63) is 96.1 Å². The van der Waals surface area contributed by atoms with Gasteiger partial charge >= 0.3 is 0 Å². The molecular weight excluding hydrogens is 493 g/mol. The highest BCUT2D eigenvalue weighted by Gasteiger charge is 2.10. The van der Waals surface area contributed by atoms with E-state index in [2.05, 4.69) is 81.4 Å². The van der Waals surface area contributed by atoms with E-state index in [1.54, 1.807) is 11.8 Å². The molecule has 1 amide bonds. The van der Waals surface area contributed by atoms with Gasteiger partial charge in [0.25, 0.3) is 5.91 Å². The Bertz CT molecular complexity index is 1520. The molecule has 0 aliphatic rings. The highest BCUT2D eigenvalue weighted by Crippen LogP contribution is 2.32. The zero-order valence-electron chi connectivity index (χ0n) is 19.0. The van der Waals surface area contributed by atoms with Gasteiger partial charge < -0.3 is 0 Å². The molecule has 0 saturated carbocycles. The van der Waals surface area contributed by atoms with E-state index in [1.165, 1.54) is 39.4 Å². The van der Waals surface area contributed by atoms with Crippen LogP contribution in [0.15, 0.2) is 98.7 Å². The third kappa shape index (κ3) is 5.73. The van der Waals surface area contributed by atoms with Crippen molar-refractivity contribution in [2.75, 3.05) is 5.75 Å². The zero-order chi connectivity index (χ0) is 24.0. The number of nitrogens with one attached hydrogen (secondary N) is 1. The van der Waals surface area contributed by atoms with Crippen LogP contribution in [0, 0.1) is 0 Å². The van der Waals surface area contributed by atoms with Gasteiger partial charge in [0.2, 0.25) is 0 Å². The van der Waals surface area contributed by atoms with Gasteiger partial charge in [-0.3, -0.25) is 4.79 Å². The minimum Gasteiger partial charge on any atom is -0.272 e. The quantitative estimate of drug-likeness (QED) is 0.141. The first-order chi connectivity index (χ1) is 17.2. The van der Waals surface area contributed by atoms with Crippen molar-refractivity contribution in [1.29, 1.82) is 0 Å². The van der Waals surface area contributed by atoms with Crippen LogP contribution in [-0.2, 0) is 10.5 Å². The lowest BCUT2D eigenvalue weighted by Gasteiger charge is -2.06. The second-order valence-electron chi connectivity index (χ2n) is 7.81. The van der Waals surface area contributed by atoms with E-state index in [0.717, 1.165) is 36.5 Å². The molecule has 0 saturated heterocycles. The second kappa shape index (κ2) is 11.0. The first-order valence-corrected chi connectivity index (χ1v) is 13.8. The van der Waals surface area contributed by atoms with Crippen molar-refractivity contribution in [3.63, 3.8) is 0 Å². The molecule has 5 rings (SSSR count). The zero-order valence-corrected chi connectivity index (χ0v) is 21.4. The highest BCUT2D eigenvalue weighted by molar-refractivity contribution is 8.03. The third-order valence-electron chi connectivity index (χ3n) is 5.47. The maximum Gasteiger partial charge on any atom is 0.250 e. The third-order valence-corrected chi connectivity index (χ3v) is 8.71. The number of nitrogens with zero attached hydrogens (tertiary/aromatic N) is 3. The maximum absolute atomic E-state index is 12.4. The van der Waals surface area contributed by atoms with Crippen LogP contribution in [0.3, 0.4) is 0 Å². The van der Waals surface area contributed by atoms with Crippen LogP contribution < -0.4 is 5.43 Å². The molecule has 0 fully saturated rings. The number of amides is 1. The summed E-state index contributed by atoms with van der Waals surface area (Å²) < 4.78 is 1.67. The van der Waals surface area contributed by atoms with Crippen LogP contribution in [0.2, 0.25) is 0 Å². The SMILES string of the molecule is C/C(=N\NC(=O)CSc1nnc(SCc2cccc3ccccc23)s1)c1cccc2ccccc12. The fourth-order valence-electron chi connectivity index (χ4n) is 3.78. The average molecular weight is 515 g/mol. The van der Waals surface area contributed by atoms with Crippen LogP contribution in [0.4, 0.5) is 0 Å². The lowest BCUT2D eigenvalue weighted by molar-refractivity contribution is -0.118. The Hall–Kier alpha value is -3.20. The van der Waals surface area contributed by atoms with Gasteiger partial charge in [0.1, 0.15) is 0 Å². The predicted molar refractivity (Wildman–Crippen MR) is 148 cm³/mol. The maximum atomic E-state index is 12.4. The Morgan fingerprint density at radius 1 is 0.829 bits per heavy atom. The number of hydrazone groups is 1. The van der Waals surface area contributed by atoms with Crippen LogP contribution in [0.25, 0.3) is 21.5 Å². The molecule has 0 bridgehead atoms. The molecule has 5 nitrogen and oxygen atoms in total. The normalized spacial score (nSPS) is 11.7. The van der Waals surface area contributed by atoms with E-state index in [9.17, 15) is 4.79 Å². The summed E-state index contributed by atoms with van der Waals surface area (Å²) >= 11 is 4.55. The molecular formula is C27H22N4OS3. The molecule has 0 radical (unpaired) electrons. The Balaban J connectivity index is 1.15. The predicted octanol–water partition coefficient (Wildman–Crippen LogP) is 6.77. The number of carbonyl (C=O) groups is 1. The summed E-state index contributed by atoms with van der Waals surface area (Å²) in [6.45, 7) is 1.90. The number of benzene rings is 4. The van der Waals surface area contributed by atoms with E-state index in [-0.39, 0.29) is 11.7 Å². The Morgan fingerprint density at radius 2 is 1.46 bits per heavy atom. The molecule has 1 heterocycles. The van der Waals surface area contributed by atoms with Gasteiger partial charge in [-0.15, -0.1) is 10.2 Å². The molecule has 0 spiro atoms. The number of carbonyl (C=O) groups excluding carboxylic acids is 1. The van der Waals surface area contributed by atoms with Gasteiger partial charge in [-0.05, 0) is 34.0 Å². The first kappa shape index (κ1) is 23.5. The van der Waals surface area contributed by atoms with E-state index in [4.69, 9.17) is 0 Å². The smallest absolute Gasteiger partial charge is 0.250 e. The molecule has 35 heavy (non-hydrogen) atoms. The van der Waals surface area contributed by atoms with E-state index >= 15 is 0 Å². The molecule has 1 N–H and O–H groups in total. The van der Waals surface area contributed by atoms with E-state index in [1.807, 2.05) is 31.2 Å². The van der Waals surface area contributed by atoms with Gasteiger partial charge in [0, 0.05) is 11.3 Å². The Labute approximate surface area is 216 Å². The fraction of sp³-hybridized carbons (Fsp3) is 0.111. The minimum atomic E-state index is -0.172. The first-order valence-electron chi connectivity index (χ1n) is 11.0. The molecule has 174 valence electrons. The number of hydrogen-bond donors (Lipinski definition) is 1. The molecule has 1 aromatic heterocycles. The number of thioether (sulfide) groups is 2. The molecule has 4 aromatic carbocycles. The second-order valence-corrected chi connectivity index (χ2v) is 11.2. The van der Waals surface area contributed by atoms with Crippen LogP contribution in [-0.4, -0.2) is 27.6 Å². The van der Waals surface area contributed by atoms with Crippen LogP contribution in [0.5, 0.6) is 0 Å². The van der Waals surface area contributed by atoms with Crippen molar-refractivity contribution in [2.24, 2.45) is 5.10 Å². The van der Waals surface area contributed by atoms with Crippen molar-refractivity contribution < 1.29 is 4.79 Å². The Morgan fingerprint density at radius 3 is 2.26 bits per heavy atom. The minimum absolute atomic E-state index is 0.172. The van der Waals surface area contributed by atoms with Crippen LogP contribution in [0.1, 0.15) is 18.1 Å². The number of hydrogen-bond acceptors (Lipinski definition) is 7. The van der Waals surface area contributed by atoms with Gasteiger partial charge in [0.05, 0.1) is 11.5 Å². The molecule has 0 aliphatic carbocycles. The lowest BCUT2D eigenvalue weighted by Crippen LogP contribution is -2.21. The van der Waals surface area contributed by atoms with Gasteiger partial charge in [-0.1, -0.05) is 120 Å². The molecule has 0 aliphatic heterocycles. The number of fused-ring (bicyclic) bond motifs is 2. The van der Waals surface area contributed by atoms with Crippen molar-refractivity contribution in [3.8, 4) is 0 Å².